The van der Waals surface area contributed by atoms with E-state index in [9.17, 15) is 9.59 Å². The molecule has 0 saturated heterocycles. The highest BCUT2D eigenvalue weighted by Crippen LogP contribution is 2.44. The maximum absolute atomic E-state index is 12.3. The molecule has 0 bridgehead atoms. The van der Waals surface area contributed by atoms with Crippen LogP contribution in [0.25, 0.3) is 11.1 Å². The average molecular weight is 423 g/mol. The number of aromatic nitrogens is 1. The number of rotatable bonds is 6. The third-order valence-corrected chi connectivity index (χ3v) is 5.44. The van der Waals surface area contributed by atoms with Crippen molar-refractivity contribution < 1.29 is 24.3 Å². The highest BCUT2D eigenvalue weighted by molar-refractivity contribution is 7.14. The van der Waals surface area contributed by atoms with Crippen molar-refractivity contribution in [3.63, 3.8) is 0 Å². The van der Waals surface area contributed by atoms with E-state index < -0.39 is 12.1 Å². The van der Waals surface area contributed by atoms with E-state index in [0.29, 0.717) is 0 Å². The van der Waals surface area contributed by atoms with Crippen molar-refractivity contribution in [1.82, 2.24) is 4.98 Å². The maximum Gasteiger partial charge on any atom is 0.413 e. The Morgan fingerprint density at radius 1 is 1.13 bits per heavy atom. The summed E-state index contributed by atoms with van der Waals surface area (Å²) in [7, 11) is 1.24. The molecule has 0 fully saturated rings. The number of nitrogens with one attached hydrogen (secondary N) is 1. The number of carbonyl (C=O) groups is 2. The molecule has 30 heavy (non-hydrogen) atoms. The van der Waals surface area contributed by atoms with Gasteiger partial charge in [0.2, 0.25) is 5.71 Å². The predicted molar refractivity (Wildman–Crippen MR) is 112 cm³/mol. The van der Waals surface area contributed by atoms with Gasteiger partial charge in [0.15, 0.2) is 5.13 Å². The summed E-state index contributed by atoms with van der Waals surface area (Å²) >= 11 is 1.06. The Kier molecular flexibility index (Phi) is 5.44. The molecule has 9 heteroatoms. The highest BCUT2D eigenvalue weighted by Gasteiger charge is 2.29. The number of carboxylic acids is 1. The molecule has 152 valence electrons. The van der Waals surface area contributed by atoms with E-state index in [2.05, 4.69) is 32.4 Å². The molecule has 1 aliphatic rings. The van der Waals surface area contributed by atoms with Crippen LogP contribution in [0.1, 0.15) is 22.7 Å². The van der Waals surface area contributed by atoms with Crippen molar-refractivity contribution in [1.29, 1.82) is 0 Å². The summed E-state index contributed by atoms with van der Waals surface area (Å²) in [5.41, 5.74) is 4.25. The number of hydrogen-bond donors (Lipinski definition) is 2. The minimum atomic E-state index is -1.28. The third-order valence-electron chi connectivity index (χ3n) is 4.68. The van der Waals surface area contributed by atoms with Crippen molar-refractivity contribution in [3.8, 4) is 11.1 Å². The zero-order valence-corrected chi connectivity index (χ0v) is 16.7. The van der Waals surface area contributed by atoms with Gasteiger partial charge in [-0.3, -0.25) is 5.32 Å². The molecule has 2 aromatic carbocycles. The lowest BCUT2D eigenvalue weighted by atomic mass is 9.98. The molecule has 4 rings (SSSR count). The van der Waals surface area contributed by atoms with Gasteiger partial charge >= 0.3 is 12.1 Å². The number of thiazole rings is 1. The van der Waals surface area contributed by atoms with Crippen LogP contribution in [-0.4, -0.2) is 41.6 Å². The number of carboxylic acid groups (broad SMARTS) is 1. The SMILES string of the molecule is CO/N=C(\C(=O)O)c1csc(NC(=O)OCC2c3ccccc3-c3ccccc32)n1. The largest absolute Gasteiger partial charge is 0.476 e. The molecular weight excluding hydrogens is 406 g/mol. The van der Waals surface area contributed by atoms with Gasteiger partial charge in [0, 0.05) is 11.3 Å². The van der Waals surface area contributed by atoms with Crippen LogP contribution in [0.2, 0.25) is 0 Å². The molecule has 0 atom stereocenters. The normalized spacial score (nSPS) is 12.8. The van der Waals surface area contributed by atoms with Crippen LogP contribution < -0.4 is 5.32 Å². The lowest BCUT2D eigenvalue weighted by molar-refractivity contribution is -0.129. The molecular formula is C21H17N3O5S. The molecule has 2 N–H and O–H groups in total. The minimum Gasteiger partial charge on any atom is -0.476 e. The highest BCUT2D eigenvalue weighted by atomic mass is 32.1. The van der Waals surface area contributed by atoms with Crippen LogP contribution in [0.3, 0.4) is 0 Å². The molecule has 0 aliphatic heterocycles. The van der Waals surface area contributed by atoms with Crippen molar-refractivity contribution >= 4 is 34.2 Å². The molecule has 1 amide bonds. The number of hydrogen-bond acceptors (Lipinski definition) is 7. The van der Waals surface area contributed by atoms with Crippen molar-refractivity contribution in [2.75, 3.05) is 19.0 Å². The summed E-state index contributed by atoms with van der Waals surface area (Å²) in [5.74, 6) is -1.34. The quantitative estimate of drug-likeness (QED) is 0.459. The van der Waals surface area contributed by atoms with E-state index in [-0.39, 0.29) is 29.1 Å². The Morgan fingerprint density at radius 3 is 2.37 bits per heavy atom. The van der Waals surface area contributed by atoms with Crippen molar-refractivity contribution in [2.24, 2.45) is 5.16 Å². The second-order valence-electron chi connectivity index (χ2n) is 6.42. The Bertz CT molecular complexity index is 1100. The topological polar surface area (TPSA) is 110 Å². The molecule has 0 saturated carbocycles. The number of anilines is 1. The summed E-state index contributed by atoms with van der Waals surface area (Å²) in [6, 6.07) is 16.1. The monoisotopic (exact) mass is 423 g/mol. The first-order valence-electron chi connectivity index (χ1n) is 9.01. The molecule has 3 aromatic rings. The van der Waals surface area contributed by atoms with Crippen LogP contribution in [-0.2, 0) is 14.4 Å². The van der Waals surface area contributed by atoms with Crippen molar-refractivity contribution in [2.45, 2.75) is 5.92 Å². The number of carbonyl (C=O) groups excluding carboxylic acids is 1. The molecule has 8 nitrogen and oxygen atoms in total. The second-order valence-corrected chi connectivity index (χ2v) is 7.27. The molecule has 0 spiro atoms. The Labute approximate surface area is 175 Å². The Morgan fingerprint density at radius 2 is 1.77 bits per heavy atom. The first-order valence-corrected chi connectivity index (χ1v) is 9.88. The van der Waals surface area contributed by atoms with E-state index >= 15 is 0 Å². The summed E-state index contributed by atoms with van der Waals surface area (Å²) in [6.45, 7) is 0.170. The molecule has 1 aliphatic carbocycles. The molecule has 0 radical (unpaired) electrons. The van der Waals surface area contributed by atoms with Gasteiger partial charge in [-0.25, -0.2) is 14.6 Å². The van der Waals surface area contributed by atoms with E-state index in [1.165, 1.54) is 12.5 Å². The van der Waals surface area contributed by atoms with Crippen LogP contribution in [0.5, 0.6) is 0 Å². The van der Waals surface area contributed by atoms with E-state index in [1.54, 1.807) is 0 Å². The lowest BCUT2D eigenvalue weighted by Crippen LogP contribution is -2.18. The Hall–Kier alpha value is -3.72. The van der Waals surface area contributed by atoms with Crippen LogP contribution in [0, 0.1) is 0 Å². The van der Waals surface area contributed by atoms with Gasteiger partial charge in [0.05, 0.1) is 0 Å². The first kappa shape index (κ1) is 19.6. The molecule has 1 heterocycles. The minimum absolute atomic E-state index is 0.0533. The third kappa shape index (κ3) is 3.74. The number of amides is 1. The number of nitrogens with zero attached hydrogens (tertiary/aromatic N) is 2. The smallest absolute Gasteiger partial charge is 0.413 e. The van der Waals surface area contributed by atoms with Gasteiger partial charge in [0.1, 0.15) is 19.4 Å². The summed E-state index contributed by atoms with van der Waals surface area (Å²) in [4.78, 5) is 32.1. The number of benzene rings is 2. The lowest BCUT2D eigenvalue weighted by Gasteiger charge is -2.14. The number of aliphatic carboxylic acids is 1. The zero-order valence-electron chi connectivity index (χ0n) is 15.9. The maximum atomic E-state index is 12.3. The molecule has 0 unspecified atom stereocenters. The number of fused-ring (bicyclic) bond motifs is 3. The van der Waals surface area contributed by atoms with Gasteiger partial charge in [-0.2, -0.15) is 0 Å². The van der Waals surface area contributed by atoms with Crippen molar-refractivity contribution in [3.05, 3.63) is 70.7 Å². The van der Waals surface area contributed by atoms with Gasteiger partial charge in [-0.05, 0) is 22.3 Å². The Balaban J connectivity index is 1.44. The zero-order chi connectivity index (χ0) is 21.1. The van der Waals surface area contributed by atoms with Gasteiger partial charge < -0.3 is 14.7 Å². The summed E-state index contributed by atoms with van der Waals surface area (Å²) in [5, 5.41) is 16.8. The second kappa shape index (κ2) is 8.34. The van der Waals surface area contributed by atoms with Crippen LogP contribution >= 0.6 is 11.3 Å². The van der Waals surface area contributed by atoms with E-state index in [4.69, 9.17) is 9.84 Å². The summed E-state index contributed by atoms with van der Waals surface area (Å²) < 4.78 is 5.45. The predicted octanol–water partition coefficient (Wildman–Crippen LogP) is 3.94. The number of oxime groups is 1. The first-order chi connectivity index (χ1) is 14.6. The summed E-state index contributed by atoms with van der Waals surface area (Å²) in [6.07, 6.45) is -0.668. The van der Waals surface area contributed by atoms with E-state index in [1.807, 2.05) is 36.4 Å². The van der Waals surface area contributed by atoms with E-state index in [0.717, 1.165) is 33.6 Å². The standard InChI is InChI=1S/C21H17N3O5S/c1-28-24-18(19(25)26)17-11-30-20(22-17)23-21(27)29-10-16-14-8-4-2-6-12(14)13-7-3-5-9-15(13)16/h2-9,11,16H,10H2,1H3,(H,25,26)(H,22,23,27)/b24-18-. The van der Waals surface area contributed by atoms with Gasteiger partial charge in [0.25, 0.3) is 0 Å². The fraction of sp³-hybridized carbons (Fsp3) is 0.143. The van der Waals surface area contributed by atoms with Crippen LogP contribution in [0.15, 0.2) is 59.1 Å². The fourth-order valence-electron chi connectivity index (χ4n) is 3.45. The van der Waals surface area contributed by atoms with Gasteiger partial charge in [-0.1, -0.05) is 53.7 Å². The fourth-order valence-corrected chi connectivity index (χ4v) is 4.13. The van der Waals surface area contributed by atoms with Gasteiger partial charge in [-0.15, -0.1) is 11.3 Å². The molecule has 1 aromatic heterocycles. The van der Waals surface area contributed by atoms with Crippen LogP contribution in [0.4, 0.5) is 9.93 Å². The number of ether oxygens (including phenoxy) is 1. The average Bonchev–Trinajstić information content (AvgIpc) is 3.33.